The van der Waals surface area contributed by atoms with Crippen LogP contribution in [0.4, 0.5) is 0 Å². The number of phosphoric ester groups is 1. The molecule has 0 spiro atoms. The lowest BCUT2D eigenvalue weighted by Crippen LogP contribution is -2.06. The fraction of sp³-hybridized carbons (Fsp3) is 0.0952. The summed E-state index contributed by atoms with van der Waals surface area (Å²) < 4.78 is 22.3. The molecule has 0 aromatic heterocycles. The zero-order chi connectivity index (χ0) is 19.3. The number of carbonyl (C=O) groups excluding carboxylic acids is 1. The van der Waals surface area contributed by atoms with Gasteiger partial charge in [-0.1, -0.05) is 48.5 Å². The molecule has 0 saturated heterocycles. The zero-order valence-electron chi connectivity index (χ0n) is 14.7. The third-order valence-corrected chi connectivity index (χ3v) is 4.77. The van der Waals surface area contributed by atoms with Crippen molar-refractivity contribution < 1.29 is 23.3 Å². The van der Waals surface area contributed by atoms with Crippen LogP contribution in [0.3, 0.4) is 0 Å². The molecular formula is C21H19O5P. The highest BCUT2D eigenvalue weighted by Crippen LogP contribution is 2.44. The molecule has 138 valence electrons. The summed E-state index contributed by atoms with van der Waals surface area (Å²) in [5.41, 5.74) is 2.13. The van der Waals surface area contributed by atoms with Crippen LogP contribution in [0, 0.1) is 6.92 Å². The van der Waals surface area contributed by atoms with Crippen LogP contribution in [0.2, 0.25) is 0 Å². The highest BCUT2D eigenvalue weighted by atomic mass is 31.2. The van der Waals surface area contributed by atoms with Crippen LogP contribution >= 0.6 is 7.82 Å². The molecule has 0 radical (unpaired) electrons. The summed E-state index contributed by atoms with van der Waals surface area (Å²) in [4.78, 5) is 22.4. The molecule has 1 atom stereocenters. The first kappa shape index (κ1) is 18.9. The first-order valence-electron chi connectivity index (χ1n) is 8.38. The molecular weight excluding hydrogens is 363 g/mol. The fourth-order valence-electron chi connectivity index (χ4n) is 2.65. The second kappa shape index (κ2) is 8.21. The lowest BCUT2D eigenvalue weighted by Gasteiger charge is -2.15. The highest BCUT2D eigenvalue weighted by Gasteiger charge is 2.25. The first-order valence-corrected chi connectivity index (χ1v) is 9.87. The van der Waals surface area contributed by atoms with E-state index in [-0.39, 0.29) is 23.7 Å². The van der Waals surface area contributed by atoms with Gasteiger partial charge in [0.25, 0.3) is 0 Å². The number of aryl methyl sites for hydroxylation is 1. The monoisotopic (exact) mass is 382 g/mol. The third-order valence-electron chi connectivity index (χ3n) is 3.89. The van der Waals surface area contributed by atoms with E-state index in [1.807, 2.05) is 30.3 Å². The number of ketones is 1. The predicted octanol–water partition coefficient (Wildman–Crippen LogP) is 4.98. The standard InChI is InChI=1S/C21H19O5P/c1-16-14-19(26-27(23,24)25-18-10-6-3-7-11-18)12-13-20(16)21(22)15-17-8-4-2-5-9-17/h2-14H,15H2,1H3,(H,23,24). The van der Waals surface area contributed by atoms with Crippen molar-refractivity contribution in [3.05, 3.63) is 95.6 Å². The maximum Gasteiger partial charge on any atom is 0.584 e. The van der Waals surface area contributed by atoms with Crippen molar-refractivity contribution in [1.82, 2.24) is 0 Å². The summed E-state index contributed by atoms with van der Waals surface area (Å²) >= 11 is 0. The maximum absolute atomic E-state index is 12.5. The molecule has 0 aliphatic rings. The van der Waals surface area contributed by atoms with Crippen LogP contribution in [-0.2, 0) is 11.0 Å². The van der Waals surface area contributed by atoms with Gasteiger partial charge >= 0.3 is 7.82 Å². The minimum absolute atomic E-state index is 0.0297. The molecule has 3 rings (SSSR count). The molecule has 6 heteroatoms. The summed E-state index contributed by atoms with van der Waals surface area (Å²) in [5.74, 6) is 0.359. The van der Waals surface area contributed by atoms with E-state index >= 15 is 0 Å². The molecule has 0 fully saturated rings. The first-order chi connectivity index (χ1) is 12.9. The van der Waals surface area contributed by atoms with Crippen LogP contribution in [-0.4, -0.2) is 10.7 Å². The largest absolute Gasteiger partial charge is 0.584 e. The van der Waals surface area contributed by atoms with Gasteiger partial charge in [0.15, 0.2) is 5.78 Å². The van der Waals surface area contributed by atoms with Crippen LogP contribution in [0.15, 0.2) is 78.9 Å². The van der Waals surface area contributed by atoms with E-state index in [4.69, 9.17) is 9.05 Å². The molecule has 0 aliphatic heterocycles. The van der Waals surface area contributed by atoms with Crippen LogP contribution < -0.4 is 9.05 Å². The number of rotatable bonds is 7. The lowest BCUT2D eigenvalue weighted by molar-refractivity contribution is 0.0992. The van der Waals surface area contributed by atoms with E-state index in [2.05, 4.69) is 0 Å². The van der Waals surface area contributed by atoms with E-state index in [9.17, 15) is 14.3 Å². The van der Waals surface area contributed by atoms with Crippen LogP contribution in [0.5, 0.6) is 11.5 Å². The van der Waals surface area contributed by atoms with Crippen molar-refractivity contribution in [2.75, 3.05) is 0 Å². The molecule has 0 heterocycles. The number of benzene rings is 3. The molecule has 3 aromatic rings. The average molecular weight is 382 g/mol. The van der Waals surface area contributed by atoms with Gasteiger partial charge in [-0.25, -0.2) is 4.57 Å². The maximum atomic E-state index is 12.5. The Morgan fingerprint density at radius 1 is 0.889 bits per heavy atom. The minimum atomic E-state index is -4.33. The Labute approximate surface area is 157 Å². The molecule has 0 amide bonds. The lowest BCUT2D eigenvalue weighted by atomic mass is 9.99. The normalized spacial score (nSPS) is 12.8. The van der Waals surface area contributed by atoms with Crippen molar-refractivity contribution >= 4 is 13.6 Å². The Morgan fingerprint density at radius 2 is 1.48 bits per heavy atom. The Hall–Kier alpha value is -2.88. The summed E-state index contributed by atoms with van der Waals surface area (Å²) in [5, 5.41) is 0. The van der Waals surface area contributed by atoms with Crippen molar-refractivity contribution in [3.8, 4) is 11.5 Å². The fourth-order valence-corrected chi connectivity index (χ4v) is 3.45. The number of phosphoric acid groups is 1. The summed E-state index contributed by atoms with van der Waals surface area (Å²) in [6.45, 7) is 1.76. The van der Waals surface area contributed by atoms with Gasteiger partial charge in [-0.05, 0) is 48.4 Å². The smallest absolute Gasteiger partial charge is 0.395 e. The molecule has 0 aliphatic carbocycles. The van der Waals surface area contributed by atoms with Gasteiger partial charge in [-0.2, -0.15) is 0 Å². The molecule has 0 bridgehead atoms. The van der Waals surface area contributed by atoms with Gasteiger partial charge < -0.3 is 9.05 Å². The average Bonchev–Trinajstić information content (AvgIpc) is 2.62. The Kier molecular flexibility index (Phi) is 5.75. The second-order valence-corrected chi connectivity index (χ2v) is 7.33. The molecule has 1 unspecified atom stereocenters. The van der Waals surface area contributed by atoms with Gasteiger partial charge in [0.2, 0.25) is 0 Å². The summed E-state index contributed by atoms with van der Waals surface area (Å²) in [7, 11) is -4.33. The molecule has 1 N–H and O–H groups in total. The Morgan fingerprint density at radius 3 is 2.11 bits per heavy atom. The summed E-state index contributed by atoms with van der Waals surface area (Å²) in [6, 6.07) is 22.4. The quantitative estimate of drug-likeness (QED) is 0.461. The topological polar surface area (TPSA) is 72.8 Å². The number of Topliss-reactive ketones (excluding diaryl/α,β-unsaturated/α-hetero) is 1. The SMILES string of the molecule is Cc1cc(OP(=O)(O)Oc2ccccc2)ccc1C(=O)Cc1ccccc1. The van der Waals surface area contributed by atoms with E-state index in [0.29, 0.717) is 11.1 Å². The van der Waals surface area contributed by atoms with Gasteiger partial charge in [0.05, 0.1) is 0 Å². The van der Waals surface area contributed by atoms with Crippen molar-refractivity contribution in [1.29, 1.82) is 0 Å². The highest BCUT2D eigenvalue weighted by molar-refractivity contribution is 7.48. The van der Waals surface area contributed by atoms with E-state index in [0.717, 1.165) is 5.56 Å². The second-order valence-electron chi connectivity index (χ2n) is 6.03. The minimum Gasteiger partial charge on any atom is -0.395 e. The number of hydrogen-bond acceptors (Lipinski definition) is 4. The van der Waals surface area contributed by atoms with Gasteiger partial charge in [0, 0.05) is 12.0 Å². The Bertz CT molecular complexity index is 970. The van der Waals surface area contributed by atoms with Gasteiger partial charge in [-0.3, -0.25) is 9.69 Å². The zero-order valence-corrected chi connectivity index (χ0v) is 15.6. The van der Waals surface area contributed by atoms with Crippen LogP contribution in [0.1, 0.15) is 21.5 Å². The van der Waals surface area contributed by atoms with Crippen molar-refractivity contribution in [2.45, 2.75) is 13.3 Å². The van der Waals surface area contributed by atoms with E-state index < -0.39 is 7.82 Å². The van der Waals surface area contributed by atoms with Gasteiger partial charge in [-0.15, -0.1) is 0 Å². The Balaban J connectivity index is 1.70. The van der Waals surface area contributed by atoms with Crippen molar-refractivity contribution in [3.63, 3.8) is 0 Å². The number of para-hydroxylation sites is 1. The number of carbonyl (C=O) groups is 1. The predicted molar refractivity (Wildman–Crippen MR) is 103 cm³/mol. The molecule has 5 nitrogen and oxygen atoms in total. The van der Waals surface area contributed by atoms with E-state index in [1.165, 1.54) is 6.07 Å². The third kappa shape index (κ3) is 5.30. The van der Waals surface area contributed by atoms with E-state index in [1.54, 1.807) is 49.4 Å². The van der Waals surface area contributed by atoms with Crippen LogP contribution in [0.25, 0.3) is 0 Å². The van der Waals surface area contributed by atoms with Crippen molar-refractivity contribution in [2.24, 2.45) is 0 Å². The summed E-state index contributed by atoms with van der Waals surface area (Å²) in [6.07, 6.45) is 0.289. The molecule has 0 saturated carbocycles. The van der Waals surface area contributed by atoms with Gasteiger partial charge in [0.1, 0.15) is 11.5 Å². The molecule has 27 heavy (non-hydrogen) atoms. The number of hydrogen-bond donors (Lipinski definition) is 1. The molecule has 3 aromatic carbocycles.